The first-order chi connectivity index (χ1) is 21.7. The smallest absolute Gasteiger partial charge is 0.338 e. The van der Waals surface area contributed by atoms with Gasteiger partial charge in [-0.15, -0.1) is 0 Å². The van der Waals surface area contributed by atoms with Crippen molar-refractivity contribution in [1.82, 2.24) is 0 Å². The monoisotopic (exact) mass is 634 g/mol. The lowest BCUT2D eigenvalue weighted by molar-refractivity contribution is -0.334. The Hall–Kier alpha value is -4.35. The number of hydrogen-bond acceptors (Lipinski definition) is 11. The van der Waals surface area contributed by atoms with Gasteiger partial charge in [-0.25, -0.2) is 9.59 Å². The molecule has 1 saturated heterocycles. The first-order valence-corrected chi connectivity index (χ1v) is 15.1. The Labute approximate surface area is 266 Å². The van der Waals surface area contributed by atoms with E-state index in [1.807, 2.05) is 6.07 Å². The molecule has 2 saturated carbocycles. The van der Waals surface area contributed by atoms with E-state index in [-0.39, 0.29) is 18.4 Å². The number of Topliss-reactive ketones (excluding diaryl/α,β-unsaturated/α-hetero) is 1. The van der Waals surface area contributed by atoms with E-state index in [1.54, 1.807) is 62.4 Å². The molecule has 0 aromatic heterocycles. The van der Waals surface area contributed by atoms with E-state index >= 15 is 0 Å². The second kappa shape index (κ2) is 12.1. The molecule has 46 heavy (non-hydrogen) atoms. The van der Waals surface area contributed by atoms with Crippen molar-refractivity contribution >= 4 is 35.7 Å². The van der Waals surface area contributed by atoms with Crippen LogP contribution in [0.25, 0.3) is 6.08 Å². The zero-order chi connectivity index (χ0) is 33.5. The Bertz CT molecular complexity index is 1550. The predicted molar refractivity (Wildman–Crippen MR) is 162 cm³/mol. The summed E-state index contributed by atoms with van der Waals surface area (Å²) in [6, 6.07) is 17.0. The summed E-state index contributed by atoms with van der Waals surface area (Å²) in [4.78, 5) is 66.7. The van der Waals surface area contributed by atoms with Crippen LogP contribution >= 0.6 is 0 Å². The number of aliphatic hydroxyl groups is 1. The summed E-state index contributed by atoms with van der Waals surface area (Å²) < 4.78 is 30.2. The fourth-order valence-electron chi connectivity index (χ4n) is 7.59. The largest absolute Gasteiger partial charge is 0.465 e. The SMILES string of the molecule is CC(=O)OC[C@@]12C(OC(=O)/C=C/c3ccccc3)CC[C@@](C)(O)[C@]13OC(C)(C)[C@H](C(=O)C2OC(=O)c1ccccc1)C3OC(C)=O. The van der Waals surface area contributed by atoms with Gasteiger partial charge in [0.2, 0.25) is 0 Å². The zero-order valence-electron chi connectivity index (χ0n) is 26.4. The molecule has 1 N–H and O–H groups in total. The lowest BCUT2D eigenvalue weighted by atomic mass is 9.46. The molecule has 5 rings (SSSR count). The van der Waals surface area contributed by atoms with Crippen molar-refractivity contribution in [1.29, 1.82) is 0 Å². The van der Waals surface area contributed by atoms with Crippen molar-refractivity contribution in [2.75, 3.05) is 6.61 Å². The number of rotatable bonds is 8. The van der Waals surface area contributed by atoms with Gasteiger partial charge in [0, 0.05) is 19.9 Å². The molecule has 11 nitrogen and oxygen atoms in total. The van der Waals surface area contributed by atoms with Crippen LogP contribution in [0.3, 0.4) is 0 Å². The first-order valence-electron chi connectivity index (χ1n) is 15.1. The molecule has 2 aromatic rings. The minimum atomic E-state index is -2.07. The Morgan fingerprint density at radius 2 is 1.54 bits per heavy atom. The van der Waals surface area contributed by atoms with Crippen molar-refractivity contribution in [3.63, 3.8) is 0 Å². The molecule has 2 aromatic carbocycles. The van der Waals surface area contributed by atoms with E-state index in [4.69, 9.17) is 23.7 Å². The van der Waals surface area contributed by atoms with Crippen molar-refractivity contribution in [3.05, 3.63) is 77.9 Å². The number of benzene rings is 2. The van der Waals surface area contributed by atoms with Crippen molar-refractivity contribution in [2.45, 2.75) is 82.6 Å². The molecule has 7 atom stereocenters. The third-order valence-corrected chi connectivity index (χ3v) is 9.38. The summed E-state index contributed by atoms with van der Waals surface area (Å²) in [7, 11) is 0. The molecule has 244 valence electrons. The number of hydrogen-bond donors (Lipinski definition) is 1. The van der Waals surface area contributed by atoms with Crippen LogP contribution in [0.1, 0.15) is 63.4 Å². The summed E-state index contributed by atoms with van der Waals surface area (Å²) >= 11 is 0. The van der Waals surface area contributed by atoms with Gasteiger partial charge in [0.1, 0.15) is 24.2 Å². The van der Waals surface area contributed by atoms with Crippen LogP contribution in [0, 0.1) is 11.3 Å². The van der Waals surface area contributed by atoms with E-state index in [1.165, 1.54) is 25.1 Å². The molecule has 11 heteroatoms. The standard InChI is InChI=1S/C35H38O11/c1-21(36)42-20-34-25(44-26(38)17-16-23-12-8-6-9-13-23)18-19-33(5,41)35(34)29(43-22(2)37)27(32(3,4)46-35)28(39)30(34)45-31(40)24-14-10-7-11-15-24/h6-17,25,27,29-30,41H,18-20H2,1-5H3/b17-16+/t25?,27-,29?,30?,33-,34+,35+/m1/s1. The quantitative estimate of drug-likeness (QED) is 0.258. The average molecular weight is 635 g/mol. The molecule has 3 fully saturated rings. The third-order valence-electron chi connectivity index (χ3n) is 9.38. The molecule has 3 unspecified atom stereocenters. The summed E-state index contributed by atoms with van der Waals surface area (Å²) in [5.74, 6) is -5.11. The molecule has 2 aliphatic carbocycles. The van der Waals surface area contributed by atoms with Crippen LogP contribution in [0.5, 0.6) is 0 Å². The topological polar surface area (TPSA) is 152 Å². The maximum atomic E-state index is 14.7. The maximum absolute atomic E-state index is 14.7. The Morgan fingerprint density at radius 3 is 2.15 bits per heavy atom. The van der Waals surface area contributed by atoms with Crippen LogP contribution in [0.15, 0.2) is 66.7 Å². The van der Waals surface area contributed by atoms with Crippen LogP contribution < -0.4 is 0 Å². The van der Waals surface area contributed by atoms with Crippen molar-refractivity contribution < 1.29 is 52.8 Å². The highest BCUT2D eigenvalue weighted by Gasteiger charge is 2.87. The Kier molecular flexibility index (Phi) is 8.69. The van der Waals surface area contributed by atoms with Gasteiger partial charge in [-0.1, -0.05) is 48.5 Å². The van der Waals surface area contributed by atoms with Gasteiger partial charge in [0.05, 0.1) is 22.7 Å². The van der Waals surface area contributed by atoms with Crippen molar-refractivity contribution in [3.8, 4) is 0 Å². The van der Waals surface area contributed by atoms with Gasteiger partial charge in [-0.05, 0) is 57.4 Å². The van der Waals surface area contributed by atoms with Gasteiger partial charge in [-0.3, -0.25) is 14.4 Å². The van der Waals surface area contributed by atoms with Crippen LogP contribution in [0.2, 0.25) is 0 Å². The summed E-state index contributed by atoms with van der Waals surface area (Å²) in [6.07, 6.45) is -1.85. The number of carbonyl (C=O) groups excluding carboxylic acids is 5. The molecule has 1 heterocycles. The maximum Gasteiger partial charge on any atom is 0.338 e. The highest BCUT2D eigenvalue weighted by Crippen LogP contribution is 2.68. The van der Waals surface area contributed by atoms with Gasteiger partial charge in [0.25, 0.3) is 0 Å². The number of ether oxygens (including phenoxy) is 5. The summed E-state index contributed by atoms with van der Waals surface area (Å²) in [6.45, 7) is 6.29. The minimum Gasteiger partial charge on any atom is -0.465 e. The fraction of sp³-hybridized carbons (Fsp3) is 0.457. The third kappa shape index (κ3) is 5.41. The molecule has 0 radical (unpaired) electrons. The van der Waals surface area contributed by atoms with Crippen LogP contribution in [0.4, 0.5) is 0 Å². The Morgan fingerprint density at radius 1 is 0.913 bits per heavy atom. The van der Waals surface area contributed by atoms with E-state index in [9.17, 15) is 29.1 Å². The lowest BCUT2D eigenvalue weighted by Gasteiger charge is -2.64. The zero-order valence-corrected chi connectivity index (χ0v) is 26.4. The first kappa shape index (κ1) is 33.0. The molecule has 0 amide bonds. The second-order valence-corrected chi connectivity index (χ2v) is 12.8. The van der Waals surface area contributed by atoms with E-state index in [2.05, 4.69) is 0 Å². The number of ketones is 1. The number of esters is 4. The molecule has 2 bridgehead atoms. The summed E-state index contributed by atoms with van der Waals surface area (Å²) in [5.41, 5.74) is -6.53. The van der Waals surface area contributed by atoms with E-state index < -0.39 is 82.7 Å². The molecule has 1 aliphatic heterocycles. The minimum absolute atomic E-state index is 0.0384. The highest BCUT2D eigenvalue weighted by atomic mass is 16.6. The lowest BCUT2D eigenvalue weighted by Crippen LogP contribution is -2.82. The van der Waals surface area contributed by atoms with Crippen molar-refractivity contribution in [2.24, 2.45) is 11.3 Å². The van der Waals surface area contributed by atoms with Crippen LogP contribution in [-0.4, -0.2) is 76.5 Å². The molecule has 1 spiro atoms. The summed E-state index contributed by atoms with van der Waals surface area (Å²) in [5, 5.41) is 12.3. The average Bonchev–Trinajstić information content (AvgIpc) is 3.21. The number of fused-ring (bicyclic) bond motifs is 1. The van der Waals surface area contributed by atoms with E-state index in [0.717, 1.165) is 19.4 Å². The predicted octanol–water partition coefficient (Wildman–Crippen LogP) is 3.61. The fourth-order valence-corrected chi connectivity index (χ4v) is 7.59. The molecule has 3 aliphatic rings. The van der Waals surface area contributed by atoms with Gasteiger partial charge in [0.15, 0.2) is 17.5 Å². The second-order valence-electron chi connectivity index (χ2n) is 12.8. The van der Waals surface area contributed by atoms with E-state index in [0.29, 0.717) is 0 Å². The Balaban J connectivity index is 1.72. The van der Waals surface area contributed by atoms with Gasteiger partial charge < -0.3 is 28.8 Å². The number of carbonyl (C=O) groups is 5. The highest BCUT2D eigenvalue weighted by molar-refractivity contribution is 5.96. The van der Waals surface area contributed by atoms with Crippen LogP contribution in [-0.2, 0) is 42.9 Å². The van der Waals surface area contributed by atoms with Gasteiger partial charge in [-0.2, -0.15) is 0 Å². The normalized spacial score (nSPS) is 32.7. The molecular weight excluding hydrogens is 596 g/mol. The molecular formula is C35H38O11. The van der Waals surface area contributed by atoms with Gasteiger partial charge >= 0.3 is 23.9 Å².